The van der Waals surface area contributed by atoms with Gasteiger partial charge in [-0.05, 0) is 41.7 Å². The fourth-order valence-corrected chi connectivity index (χ4v) is 3.62. The maximum absolute atomic E-state index is 12.8. The summed E-state index contributed by atoms with van der Waals surface area (Å²) in [6.45, 7) is 7.90. The molecule has 1 amide bonds. The minimum absolute atomic E-state index is 0.0143. The fourth-order valence-electron chi connectivity index (χ4n) is 3.38. The van der Waals surface area contributed by atoms with Crippen LogP contribution in [0.5, 0.6) is 5.75 Å². The topological polar surface area (TPSA) is 62.4 Å². The molecule has 1 fully saturated rings. The fraction of sp³-hybridized carbons (Fsp3) is 0.409. The number of hydrogen-bond acceptors (Lipinski definition) is 4. The predicted molar refractivity (Wildman–Crippen MR) is 112 cm³/mol. The van der Waals surface area contributed by atoms with Crippen molar-refractivity contribution >= 4 is 17.5 Å². The van der Waals surface area contributed by atoms with Gasteiger partial charge in [-0.1, -0.05) is 55.8 Å². The van der Waals surface area contributed by atoms with Gasteiger partial charge in [0.15, 0.2) is 0 Å². The number of hydrogen-bond donors (Lipinski definition) is 3. The molecule has 2 atom stereocenters. The summed E-state index contributed by atoms with van der Waals surface area (Å²) in [6, 6.07) is 13.9. The molecule has 0 saturated carbocycles. The number of hydrazine groups is 1. The number of rotatable bonds is 7. The second-order valence-electron chi connectivity index (χ2n) is 7.35. The lowest BCUT2D eigenvalue weighted by Crippen LogP contribution is -2.34. The molecule has 0 aromatic heterocycles. The van der Waals surface area contributed by atoms with Crippen LogP contribution in [0.25, 0.3) is 0 Å². The van der Waals surface area contributed by atoms with E-state index >= 15 is 0 Å². The molecule has 150 valence electrons. The van der Waals surface area contributed by atoms with Crippen molar-refractivity contribution < 1.29 is 9.53 Å². The smallest absolute Gasteiger partial charge is 0.226 e. The van der Waals surface area contributed by atoms with E-state index in [0.717, 1.165) is 11.1 Å². The van der Waals surface area contributed by atoms with Gasteiger partial charge in [-0.25, -0.2) is 5.43 Å². The summed E-state index contributed by atoms with van der Waals surface area (Å²) in [7, 11) is 0. The molecule has 1 saturated heterocycles. The second-order valence-corrected chi connectivity index (χ2v) is 7.75. The van der Waals surface area contributed by atoms with E-state index in [1.165, 1.54) is 5.56 Å². The van der Waals surface area contributed by atoms with Gasteiger partial charge in [0, 0.05) is 13.1 Å². The summed E-state index contributed by atoms with van der Waals surface area (Å²) in [5.74, 6) is 0.954. The first-order valence-corrected chi connectivity index (χ1v) is 10.1. The molecule has 0 spiro atoms. The van der Waals surface area contributed by atoms with Crippen molar-refractivity contribution in [1.29, 1.82) is 0 Å². The third-order valence-electron chi connectivity index (χ3n) is 5.05. The molecule has 5 nitrogen and oxygen atoms in total. The Kier molecular flexibility index (Phi) is 6.94. The van der Waals surface area contributed by atoms with E-state index < -0.39 is 0 Å². The molecule has 6 heteroatoms. The Bertz CT molecular complexity index is 808. The Morgan fingerprint density at radius 2 is 2.00 bits per heavy atom. The molecular weight excluding hydrogens is 374 g/mol. The van der Waals surface area contributed by atoms with Gasteiger partial charge >= 0.3 is 0 Å². The first-order chi connectivity index (χ1) is 13.5. The van der Waals surface area contributed by atoms with Gasteiger partial charge in [-0.3, -0.25) is 10.2 Å². The van der Waals surface area contributed by atoms with Crippen molar-refractivity contribution in [1.82, 2.24) is 16.2 Å². The first kappa shape index (κ1) is 20.6. The highest BCUT2D eigenvalue weighted by Gasteiger charge is 2.34. The standard InChI is InChI=1S/C22H28ClN3O2/c1-4-28-20-10-9-17(11-19(20)23)21-18(13-25-26-21)22(27)24-12-15-5-7-16(8-6-15)14(2)3/h5-11,14,18,21,25-26H,4,12-13H2,1-3H3,(H,24,27). The van der Waals surface area contributed by atoms with Gasteiger partial charge < -0.3 is 10.1 Å². The quantitative estimate of drug-likeness (QED) is 0.657. The molecule has 28 heavy (non-hydrogen) atoms. The minimum atomic E-state index is -0.219. The Morgan fingerprint density at radius 3 is 2.64 bits per heavy atom. The van der Waals surface area contributed by atoms with Gasteiger partial charge in [-0.2, -0.15) is 0 Å². The van der Waals surface area contributed by atoms with Gasteiger partial charge in [0.25, 0.3) is 0 Å². The summed E-state index contributed by atoms with van der Waals surface area (Å²) in [5, 5.41) is 3.61. The van der Waals surface area contributed by atoms with Crippen LogP contribution in [0.2, 0.25) is 5.02 Å². The lowest BCUT2D eigenvalue weighted by molar-refractivity contribution is -0.125. The number of ether oxygens (including phenoxy) is 1. The van der Waals surface area contributed by atoms with Crippen LogP contribution in [0.1, 0.15) is 49.4 Å². The van der Waals surface area contributed by atoms with Gasteiger partial charge in [0.2, 0.25) is 5.91 Å². The number of amides is 1. The monoisotopic (exact) mass is 401 g/mol. The average molecular weight is 402 g/mol. The van der Waals surface area contributed by atoms with Crippen LogP contribution in [0.4, 0.5) is 0 Å². The molecule has 1 heterocycles. The minimum Gasteiger partial charge on any atom is -0.492 e. The maximum Gasteiger partial charge on any atom is 0.226 e. The van der Waals surface area contributed by atoms with E-state index in [1.54, 1.807) is 0 Å². The van der Waals surface area contributed by atoms with Crippen molar-refractivity contribution in [2.75, 3.05) is 13.2 Å². The average Bonchev–Trinajstić information content (AvgIpc) is 3.18. The van der Waals surface area contributed by atoms with Gasteiger partial charge in [0.1, 0.15) is 5.75 Å². The number of carbonyl (C=O) groups is 1. The third kappa shape index (κ3) is 4.85. The summed E-state index contributed by atoms with van der Waals surface area (Å²) in [6.07, 6.45) is 0. The largest absolute Gasteiger partial charge is 0.492 e. The van der Waals surface area contributed by atoms with Crippen molar-refractivity contribution in [3.63, 3.8) is 0 Å². The van der Waals surface area contributed by atoms with Crippen LogP contribution in [-0.2, 0) is 11.3 Å². The van der Waals surface area contributed by atoms with Crippen molar-refractivity contribution in [2.24, 2.45) is 5.92 Å². The molecule has 0 bridgehead atoms. The number of halogens is 1. The van der Waals surface area contributed by atoms with E-state index in [-0.39, 0.29) is 17.9 Å². The molecule has 0 radical (unpaired) electrons. The van der Waals surface area contributed by atoms with Crippen LogP contribution >= 0.6 is 11.6 Å². The molecule has 1 aliphatic heterocycles. The van der Waals surface area contributed by atoms with Gasteiger partial charge in [0.05, 0.1) is 23.6 Å². The zero-order valence-electron chi connectivity index (χ0n) is 16.6. The van der Waals surface area contributed by atoms with E-state index in [0.29, 0.717) is 36.4 Å². The highest BCUT2D eigenvalue weighted by atomic mass is 35.5. The lowest BCUT2D eigenvalue weighted by atomic mass is 9.94. The Labute approximate surface area is 171 Å². The molecule has 1 aliphatic rings. The summed E-state index contributed by atoms with van der Waals surface area (Å²) in [4.78, 5) is 12.8. The molecule has 2 unspecified atom stereocenters. The summed E-state index contributed by atoms with van der Waals surface area (Å²) in [5.41, 5.74) is 9.64. The third-order valence-corrected chi connectivity index (χ3v) is 5.34. The number of carbonyl (C=O) groups excluding carboxylic acids is 1. The van der Waals surface area contributed by atoms with Crippen LogP contribution in [-0.4, -0.2) is 19.1 Å². The van der Waals surface area contributed by atoms with Crippen LogP contribution < -0.4 is 20.9 Å². The SMILES string of the molecule is CCOc1ccc(C2NNCC2C(=O)NCc2ccc(C(C)C)cc2)cc1Cl. The number of nitrogens with one attached hydrogen (secondary N) is 3. The van der Waals surface area contributed by atoms with E-state index in [2.05, 4.69) is 54.3 Å². The van der Waals surface area contributed by atoms with Crippen molar-refractivity contribution in [2.45, 2.75) is 39.3 Å². The molecule has 0 aliphatic carbocycles. The Hall–Kier alpha value is -2.08. The van der Waals surface area contributed by atoms with Gasteiger partial charge in [-0.15, -0.1) is 0 Å². The lowest BCUT2D eigenvalue weighted by Gasteiger charge is -2.19. The predicted octanol–water partition coefficient (Wildman–Crippen LogP) is 3.94. The highest BCUT2D eigenvalue weighted by Crippen LogP contribution is 2.32. The van der Waals surface area contributed by atoms with Crippen LogP contribution in [0, 0.1) is 5.92 Å². The zero-order chi connectivity index (χ0) is 20.1. The van der Waals surface area contributed by atoms with E-state index in [1.807, 2.05) is 25.1 Å². The molecule has 3 rings (SSSR count). The summed E-state index contributed by atoms with van der Waals surface area (Å²) >= 11 is 6.32. The Balaban J connectivity index is 1.63. The van der Waals surface area contributed by atoms with Crippen LogP contribution in [0.3, 0.4) is 0 Å². The molecule has 2 aromatic rings. The number of benzene rings is 2. The normalized spacial score (nSPS) is 19.0. The molecular formula is C22H28ClN3O2. The molecule has 3 N–H and O–H groups in total. The highest BCUT2D eigenvalue weighted by molar-refractivity contribution is 6.32. The zero-order valence-corrected chi connectivity index (χ0v) is 17.3. The maximum atomic E-state index is 12.8. The van der Waals surface area contributed by atoms with E-state index in [9.17, 15) is 4.79 Å². The van der Waals surface area contributed by atoms with Crippen LogP contribution in [0.15, 0.2) is 42.5 Å². The van der Waals surface area contributed by atoms with E-state index in [4.69, 9.17) is 16.3 Å². The van der Waals surface area contributed by atoms with Crippen molar-refractivity contribution in [3.05, 3.63) is 64.2 Å². The first-order valence-electron chi connectivity index (χ1n) is 9.76. The Morgan fingerprint density at radius 1 is 1.25 bits per heavy atom. The van der Waals surface area contributed by atoms with Crippen molar-refractivity contribution in [3.8, 4) is 5.75 Å². The molecule has 2 aromatic carbocycles. The summed E-state index contributed by atoms with van der Waals surface area (Å²) < 4.78 is 5.49. The second kappa shape index (κ2) is 9.41.